The Balaban J connectivity index is 1.66. The molecule has 0 bridgehead atoms. The second-order valence-electron chi connectivity index (χ2n) is 7.48. The van der Waals surface area contributed by atoms with Crippen LogP contribution in [-0.2, 0) is 28.4 Å². The van der Waals surface area contributed by atoms with E-state index in [0.717, 1.165) is 12.8 Å². The Hall–Kier alpha value is -0.240. The summed E-state index contributed by atoms with van der Waals surface area (Å²) < 4.78 is 35.7. The third kappa shape index (κ3) is 3.89. The number of hydrogen-bond donors (Lipinski definition) is 0. The van der Waals surface area contributed by atoms with Crippen molar-refractivity contribution in [3.05, 3.63) is 0 Å². The van der Waals surface area contributed by atoms with Gasteiger partial charge in [0.25, 0.3) is 0 Å². The second-order valence-corrected chi connectivity index (χ2v) is 7.48. The third-order valence-corrected chi connectivity index (χ3v) is 4.48. The summed E-state index contributed by atoms with van der Waals surface area (Å²) in [6.45, 7) is 11.0. The van der Waals surface area contributed by atoms with Crippen molar-refractivity contribution < 1.29 is 28.4 Å². The summed E-state index contributed by atoms with van der Waals surface area (Å²) in [5.74, 6) is -1.23. The van der Waals surface area contributed by atoms with Gasteiger partial charge in [-0.15, -0.1) is 0 Å². The molecule has 3 fully saturated rings. The minimum Gasteiger partial charge on any atom is -0.372 e. The molecule has 6 heteroatoms. The lowest BCUT2D eigenvalue weighted by Crippen LogP contribution is -2.44. The molecule has 0 N–H and O–H groups in total. The molecule has 0 spiro atoms. The van der Waals surface area contributed by atoms with Gasteiger partial charge in [-0.1, -0.05) is 19.8 Å². The molecule has 3 rings (SSSR count). The van der Waals surface area contributed by atoms with Gasteiger partial charge in [0.1, 0.15) is 24.4 Å². The van der Waals surface area contributed by atoms with E-state index in [1.54, 1.807) is 0 Å². The Bertz CT molecular complexity index is 410. The molecular weight excluding hydrogens is 300 g/mol. The average Bonchev–Trinajstić information content (AvgIpc) is 3.05. The fourth-order valence-corrected chi connectivity index (χ4v) is 3.44. The van der Waals surface area contributed by atoms with Crippen LogP contribution in [0.3, 0.4) is 0 Å². The van der Waals surface area contributed by atoms with Crippen molar-refractivity contribution in [2.24, 2.45) is 0 Å². The normalized spacial score (nSPS) is 41.3. The van der Waals surface area contributed by atoms with Crippen LogP contribution in [0.2, 0.25) is 0 Å². The minimum absolute atomic E-state index is 0.165. The maximum Gasteiger partial charge on any atom is 0.190 e. The molecule has 0 saturated carbocycles. The van der Waals surface area contributed by atoms with Crippen LogP contribution in [0.5, 0.6) is 0 Å². The van der Waals surface area contributed by atoms with Gasteiger partial charge in [0, 0.05) is 6.61 Å². The molecule has 0 amide bonds. The zero-order valence-corrected chi connectivity index (χ0v) is 14.9. The van der Waals surface area contributed by atoms with Gasteiger partial charge in [-0.3, -0.25) is 0 Å². The van der Waals surface area contributed by atoms with Crippen LogP contribution < -0.4 is 0 Å². The van der Waals surface area contributed by atoms with Crippen LogP contribution in [0.1, 0.15) is 53.9 Å². The zero-order valence-electron chi connectivity index (χ0n) is 14.9. The van der Waals surface area contributed by atoms with E-state index in [1.807, 2.05) is 27.7 Å². The van der Waals surface area contributed by atoms with Crippen molar-refractivity contribution >= 4 is 0 Å². The van der Waals surface area contributed by atoms with E-state index in [2.05, 4.69) is 6.92 Å². The van der Waals surface area contributed by atoms with Crippen molar-refractivity contribution in [3.63, 3.8) is 0 Å². The van der Waals surface area contributed by atoms with E-state index in [1.165, 1.54) is 6.42 Å². The first kappa shape index (κ1) is 17.6. The second kappa shape index (κ2) is 6.58. The van der Waals surface area contributed by atoms with E-state index >= 15 is 0 Å². The SMILES string of the molecule is CCCCCO[C@@H]1[C@H]2OC(C)(C)O[C@H]2O[C@@H]1C1COC(C)(C)O1. The summed E-state index contributed by atoms with van der Waals surface area (Å²) in [5, 5.41) is 0. The lowest BCUT2D eigenvalue weighted by Gasteiger charge is -2.29. The highest BCUT2D eigenvalue weighted by Crippen LogP contribution is 2.41. The van der Waals surface area contributed by atoms with Crippen LogP contribution in [0.4, 0.5) is 0 Å². The molecule has 3 aliphatic heterocycles. The van der Waals surface area contributed by atoms with Crippen molar-refractivity contribution in [1.82, 2.24) is 0 Å². The number of ether oxygens (including phenoxy) is 6. The van der Waals surface area contributed by atoms with Crippen LogP contribution in [-0.4, -0.2) is 55.5 Å². The lowest BCUT2D eigenvalue weighted by molar-refractivity contribution is -0.236. The zero-order chi connectivity index (χ0) is 16.7. The number of rotatable bonds is 6. The fourth-order valence-electron chi connectivity index (χ4n) is 3.44. The number of hydrogen-bond acceptors (Lipinski definition) is 6. The molecule has 6 nitrogen and oxygen atoms in total. The first-order valence-electron chi connectivity index (χ1n) is 8.76. The highest BCUT2D eigenvalue weighted by Gasteiger charge is 2.58. The Kier molecular flexibility index (Phi) is 5.03. The summed E-state index contributed by atoms with van der Waals surface area (Å²) >= 11 is 0. The van der Waals surface area contributed by atoms with Crippen LogP contribution in [0.25, 0.3) is 0 Å². The summed E-state index contributed by atoms with van der Waals surface area (Å²) in [6.07, 6.45) is 2.15. The summed E-state index contributed by atoms with van der Waals surface area (Å²) in [5.41, 5.74) is 0. The standard InChI is InChI=1S/C17H30O6/c1-6-7-8-9-18-13-12(11-10-19-16(2,3)21-11)20-15-14(13)22-17(4,5)23-15/h11-15H,6-10H2,1-5H3/t11?,12-,13+,14-,15-/m1/s1. The van der Waals surface area contributed by atoms with E-state index < -0.39 is 17.9 Å². The van der Waals surface area contributed by atoms with Gasteiger partial charge in [-0.05, 0) is 34.1 Å². The predicted octanol–water partition coefficient (Wildman–Crippen LogP) is 2.59. The van der Waals surface area contributed by atoms with E-state index in [-0.39, 0.29) is 24.4 Å². The van der Waals surface area contributed by atoms with Crippen molar-refractivity contribution in [2.45, 2.75) is 96.2 Å². The predicted molar refractivity (Wildman–Crippen MR) is 82.9 cm³/mol. The van der Waals surface area contributed by atoms with Crippen LogP contribution >= 0.6 is 0 Å². The number of fused-ring (bicyclic) bond motifs is 1. The molecule has 5 atom stereocenters. The summed E-state index contributed by atoms with van der Waals surface area (Å²) in [4.78, 5) is 0. The first-order valence-corrected chi connectivity index (χ1v) is 8.76. The fraction of sp³-hybridized carbons (Fsp3) is 1.00. The van der Waals surface area contributed by atoms with Crippen LogP contribution in [0.15, 0.2) is 0 Å². The van der Waals surface area contributed by atoms with Gasteiger partial charge < -0.3 is 28.4 Å². The molecule has 3 saturated heterocycles. The Labute approximate surface area is 138 Å². The molecular formula is C17H30O6. The molecule has 3 aliphatic rings. The molecule has 0 aliphatic carbocycles. The Morgan fingerprint density at radius 3 is 2.39 bits per heavy atom. The molecule has 3 heterocycles. The van der Waals surface area contributed by atoms with Gasteiger partial charge in [-0.2, -0.15) is 0 Å². The Morgan fingerprint density at radius 1 is 0.957 bits per heavy atom. The molecule has 0 aromatic heterocycles. The first-order chi connectivity index (χ1) is 10.8. The van der Waals surface area contributed by atoms with E-state index in [9.17, 15) is 0 Å². The largest absolute Gasteiger partial charge is 0.372 e. The van der Waals surface area contributed by atoms with Gasteiger partial charge in [-0.25, -0.2) is 0 Å². The van der Waals surface area contributed by atoms with Gasteiger partial charge >= 0.3 is 0 Å². The number of unbranched alkanes of at least 4 members (excludes halogenated alkanes) is 2. The van der Waals surface area contributed by atoms with Crippen LogP contribution in [0, 0.1) is 0 Å². The maximum atomic E-state index is 6.14. The van der Waals surface area contributed by atoms with Crippen molar-refractivity contribution in [2.75, 3.05) is 13.2 Å². The monoisotopic (exact) mass is 330 g/mol. The van der Waals surface area contributed by atoms with Gasteiger partial charge in [0.05, 0.1) is 6.61 Å². The van der Waals surface area contributed by atoms with Gasteiger partial charge in [0.2, 0.25) is 0 Å². The molecule has 23 heavy (non-hydrogen) atoms. The topological polar surface area (TPSA) is 55.4 Å². The van der Waals surface area contributed by atoms with Gasteiger partial charge in [0.15, 0.2) is 17.9 Å². The molecule has 0 radical (unpaired) electrons. The highest BCUT2D eigenvalue weighted by atomic mass is 16.8. The lowest BCUT2D eigenvalue weighted by atomic mass is 10.1. The Morgan fingerprint density at radius 2 is 1.74 bits per heavy atom. The van der Waals surface area contributed by atoms with E-state index in [4.69, 9.17) is 28.4 Å². The maximum absolute atomic E-state index is 6.14. The summed E-state index contributed by atoms with van der Waals surface area (Å²) in [7, 11) is 0. The molecule has 134 valence electrons. The van der Waals surface area contributed by atoms with Crippen molar-refractivity contribution in [1.29, 1.82) is 0 Å². The molecule has 0 aromatic carbocycles. The molecule has 0 aromatic rings. The third-order valence-electron chi connectivity index (χ3n) is 4.48. The van der Waals surface area contributed by atoms with E-state index in [0.29, 0.717) is 13.2 Å². The van der Waals surface area contributed by atoms with Crippen molar-refractivity contribution in [3.8, 4) is 0 Å². The quantitative estimate of drug-likeness (QED) is 0.698. The highest BCUT2D eigenvalue weighted by molar-refractivity contribution is 4.98. The minimum atomic E-state index is -0.641. The molecule has 1 unspecified atom stereocenters. The average molecular weight is 330 g/mol. The summed E-state index contributed by atoms with van der Waals surface area (Å²) in [6, 6.07) is 0. The smallest absolute Gasteiger partial charge is 0.190 e.